The van der Waals surface area contributed by atoms with Crippen molar-refractivity contribution in [2.24, 2.45) is 5.73 Å². The normalized spacial score (nSPS) is 12.2. The van der Waals surface area contributed by atoms with Gasteiger partial charge in [0.1, 0.15) is 5.54 Å². The molecule has 0 bridgehead atoms. The molecule has 0 atom stereocenters. The summed E-state index contributed by atoms with van der Waals surface area (Å²) in [5.41, 5.74) is 3.95. The predicted octanol–water partition coefficient (Wildman–Crippen LogP) is 3.33. The molecule has 130 valence electrons. The molecule has 1 aromatic heterocycles. The average molecular weight is 341 g/mol. The minimum atomic E-state index is -4.53. The maximum absolute atomic E-state index is 13.3. The Balaban J connectivity index is 2.57. The number of nitrogens with zero attached hydrogens (tertiary/aromatic N) is 1. The molecular weight excluding hydrogens is 323 g/mol. The van der Waals surface area contributed by atoms with Crippen molar-refractivity contribution in [1.82, 2.24) is 4.98 Å². The van der Waals surface area contributed by atoms with Crippen molar-refractivity contribution in [1.29, 1.82) is 0 Å². The van der Waals surface area contributed by atoms with Crippen LogP contribution in [0, 0.1) is 0 Å². The molecule has 2 aromatic rings. The first-order chi connectivity index (χ1) is 11.0. The number of hydrogen-bond acceptors (Lipinski definition) is 4. The fraction of sp³-hybridized carbons (Fsp3) is 0.375. The Morgan fingerprint density at radius 2 is 1.96 bits per heavy atom. The minimum absolute atomic E-state index is 0.0478. The summed E-state index contributed by atoms with van der Waals surface area (Å²) < 4.78 is 44.9. The number of carbonyl (C=O) groups excluding carboxylic acids is 1. The molecule has 3 N–H and O–H groups in total. The molecule has 1 amide bonds. The number of carbonyl (C=O) groups is 1. The van der Waals surface area contributed by atoms with E-state index in [0.717, 1.165) is 6.07 Å². The van der Waals surface area contributed by atoms with E-state index in [4.69, 9.17) is 10.5 Å². The van der Waals surface area contributed by atoms with Gasteiger partial charge in [0, 0.05) is 17.1 Å². The van der Waals surface area contributed by atoms with Gasteiger partial charge in [-0.25, -0.2) is 4.98 Å². The Kier molecular flexibility index (Phi) is 4.59. The first-order valence-electron chi connectivity index (χ1n) is 7.27. The Labute approximate surface area is 137 Å². The van der Waals surface area contributed by atoms with Gasteiger partial charge in [-0.15, -0.1) is 0 Å². The van der Waals surface area contributed by atoms with E-state index in [0.29, 0.717) is 5.69 Å². The van der Waals surface area contributed by atoms with Crippen LogP contribution in [0.3, 0.4) is 0 Å². The van der Waals surface area contributed by atoms with E-state index >= 15 is 0 Å². The Bertz CT molecular complexity index is 773. The molecule has 24 heavy (non-hydrogen) atoms. The van der Waals surface area contributed by atoms with Crippen LogP contribution in [0.2, 0.25) is 0 Å². The monoisotopic (exact) mass is 341 g/mol. The zero-order chi connectivity index (χ0) is 18.1. The minimum Gasteiger partial charge on any atom is -0.478 e. The third kappa shape index (κ3) is 3.69. The predicted molar refractivity (Wildman–Crippen MR) is 84.8 cm³/mol. The number of anilines is 1. The number of rotatable bonds is 5. The van der Waals surface area contributed by atoms with Crippen LogP contribution in [0.5, 0.6) is 5.88 Å². The maximum Gasteiger partial charge on any atom is 0.417 e. The van der Waals surface area contributed by atoms with Gasteiger partial charge < -0.3 is 15.8 Å². The second-order valence-electron chi connectivity index (χ2n) is 5.79. The number of hydrogen-bond donors (Lipinski definition) is 2. The highest BCUT2D eigenvalue weighted by atomic mass is 19.4. The molecule has 0 aliphatic carbocycles. The number of aromatic nitrogens is 1. The van der Waals surface area contributed by atoms with Gasteiger partial charge in [0.25, 0.3) is 0 Å². The highest BCUT2D eigenvalue weighted by Crippen LogP contribution is 2.37. The number of halogens is 3. The number of nitrogens with one attached hydrogen (secondary N) is 1. The van der Waals surface area contributed by atoms with Gasteiger partial charge in [-0.3, -0.25) is 4.79 Å². The van der Waals surface area contributed by atoms with Crippen molar-refractivity contribution in [3.05, 3.63) is 29.8 Å². The standard InChI is InChI=1S/C16H18F3N3O2/c1-4-24-13-8-11(16(17,18)19)10-6-5-9(7-12(10)21-13)22-15(2,3)14(20)23/h5-8,22H,4H2,1-3H3,(H2,20,23). The van der Waals surface area contributed by atoms with E-state index in [-0.39, 0.29) is 23.4 Å². The molecule has 0 spiro atoms. The third-order valence-corrected chi connectivity index (χ3v) is 3.46. The third-order valence-electron chi connectivity index (χ3n) is 3.46. The van der Waals surface area contributed by atoms with Gasteiger partial charge in [-0.1, -0.05) is 6.07 Å². The van der Waals surface area contributed by atoms with Crippen LogP contribution < -0.4 is 15.8 Å². The number of alkyl halides is 3. The topological polar surface area (TPSA) is 77.2 Å². The maximum atomic E-state index is 13.3. The summed E-state index contributed by atoms with van der Waals surface area (Å²) in [6.07, 6.45) is -4.53. The molecule has 0 aliphatic rings. The molecule has 8 heteroatoms. The van der Waals surface area contributed by atoms with Crippen molar-refractivity contribution < 1.29 is 22.7 Å². The Hall–Kier alpha value is -2.51. The second-order valence-corrected chi connectivity index (χ2v) is 5.79. The Morgan fingerprint density at radius 3 is 2.50 bits per heavy atom. The molecule has 0 unspecified atom stereocenters. The number of primary amides is 1. The van der Waals surface area contributed by atoms with E-state index in [9.17, 15) is 18.0 Å². The van der Waals surface area contributed by atoms with Crippen LogP contribution >= 0.6 is 0 Å². The number of ether oxygens (including phenoxy) is 1. The summed E-state index contributed by atoms with van der Waals surface area (Å²) in [4.78, 5) is 15.5. The van der Waals surface area contributed by atoms with E-state index < -0.39 is 23.2 Å². The lowest BCUT2D eigenvalue weighted by atomic mass is 10.0. The molecule has 2 rings (SSSR count). The lowest BCUT2D eigenvalue weighted by molar-refractivity contribution is -0.136. The number of pyridine rings is 1. The lowest BCUT2D eigenvalue weighted by Gasteiger charge is -2.24. The van der Waals surface area contributed by atoms with Gasteiger partial charge in [0.2, 0.25) is 11.8 Å². The lowest BCUT2D eigenvalue weighted by Crippen LogP contribution is -2.45. The van der Waals surface area contributed by atoms with Crippen molar-refractivity contribution in [2.45, 2.75) is 32.5 Å². The summed E-state index contributed by atoms with van der Waals surface area (Å²) in [6.45, 7) is 5.00. The highest BCUT2D eigenvalue weighted by Gasteiger charge is 2.34. The highest BCUT2D eigenvalue weighted by molar-refractivity contribution is 5.90. The molecule has 0 aliphatic heterocycles. The van der Waals surface area contributed by atoms with E-state index in [1.54, 1.807) is 20.8 Å². The SMILES string of the molecule is CCOc1cc(C(F)(F)F)c2ccc(NC(C)(C)C(N)=O)cc2n1. The van der Waals surface area contributed by atoms with Gasteiger partial charge in [-0.05, 0) is 32.9 Å². The van der Waals surface area contributed by atoms with Crippen LogP contribution in [0.4, 0.5) is 18.9 Å². The Morgan fingerprint density at radius 1 is 1.29 bits per heavy atom. The van der Waals surface area contributed by atoms with Gasteiger partial charge in [0.15, 0.2) is 0 Å². The summed E-state index contributed by atoms with van der Waals surface area (Å²) in [5, 5.41) is 2.84. The summed E-state index contributed by atoms with van der Waals surface area (Å²) in [5.74, 6) is -0.696. The second kappa shape index (κ2) is 6.18. The number of nitrogens with two attached hydrogens (primary N) is 1. The quantitative estimate of drug-likeness (QED) is 0.874. The molecule has 0 saturated carbocycles. The van der Waals surface area contributed by atoms with E-state index in [1.165, 1.54) is 18.2 Å². The number of fused-ring (bicyclic) bond motifs is 1. The fourth-order valence-corrected chi connectivity index (χ4v) is 2.16. The molecular formula is C16H18F3N3O2. The van der Waals surface area contributed by atoms with Gasteiger partial charge in [0.05, 0.1) is 17.7 Å². The van der Waals surface area contributed by atoms with Crippen LogP contribution in [0.15, 0.2) is 24.3 Å². The number of benzene rings is 1. The number of amides is 1. The van der Waals surface area contributed by atoms with Crippen LogP contribution in [-0.4, -0.2) is 23.0 Å². The first kappa shape index (κ1) is 17.8. The zero-order valence-electron chi connectivity index (χ0n) is 13.5. The summed E-state index contributed by atoms with van der Waals surface area (Å²) >= 11 is 0. The van der Waals surface area contributed by atoms with E-state index in [2.05, 4.69) is 10.3 Å². The summed E-state index contributed by atoms with van der Waals surface area (Å²) in [7, 11) is 0. The molecule has 0 radical (unpaired) electrons. The fourth-order valence-electron chi connectivity index (χ4n) is 2.16. The van der Waals surface area contributed by atoms with Crippen LogP contribution in [0.1, 0.15) is 26.3 Å². The van der Waals surface area contributed by atoms with E-state index in [1.807, 2.05) is 0 Å². The molecule has 1 heterocycles. The van der Waals surface area contributed by atoms with Gasteiger partial charge >= 0.3 is 6.18 Å². The van der Waals surface area contributed by atoms with Crippen LogP contribution in [-0.2, 0) is 11.0 Å². The van der Waals surface area contributed by atoms with Crippen molar-refractivity contribution in [2.75, 3.05) is 11.9 Å². The molecule has 0 saturated heterocycles. The van der Waals surface area contributed by atoms with Crippen molar-refractivity contribution >= 4 is 22.5 Å². The molecule has 0 fully saturated rings. The molecule has 5 nitrogen and oxygen atoms in total. The largest absolute Gasteiger partial charge is 0.478 e. The average Bonchev–Trinajstić information content (AvgIpc) is 2.45. The zero-order valence-corrected chi connectivity index (χ0v) is 13.5. The smallest absolute Gasteiger partial charge is 0.417 e. The van der Waals surface area contributed by atoms with Gasteiger partial charge in [-0.2, -0.15) is 13.2 Å². The van der Waals surface area contributed by atoms with Crippen molar-refractivity contribution in [3.63, 3.8) is 0 Å². The molecule has 1 aromatic carbocycles. The summed E-state index contributed by atoms with van der Waals surface area (Å²) in [6, 6.07) is 5.06. The van der Waals surface area contributed by atoms with Crippen molar-refractivity contribution in [3.8, 4) is 5.88 Å². The first-order valence-corrected chi connectivity index (χ1v) is 7.27. The van der Waals surface area contributed by atoms with Crippen LogP contribution in [0.25, 0.3) is 10.9 Å².